The number of aromatic nitrogens is 3. The van der Waals surface area contributed by atoms with Crippen LogP contribution >= 0.6 is 0 Å². The SMILES string of the molecule is CCc1nccn1CC(=O)N[C@H](CC)c1cc(C)ccn1. The average molecular weight is 286 g/mol. The predicted octanol–water partition coefficient (Wildman–Crippen LogP) is 2.42. The summed E-state index contributed by atoms with van der Waals surface area (Å²) in [6.07, 6.45) is 6.98. The number of imidazole rings is 1. The Balaban J connectivity index is 2.03. The van der Waals surface area contributed by atoms with Crippen LogP contribution in [0, 0.1) is 6.92 Å². The standard InChI is InChI=1S/C16H22N4O/c1-4-13(14-10-12(3)6-7-17-14)19-16(21)11-20-9-8-18-15(20)5-2/h6-10,13H,4-5,11H2,1-3H3,(H,19,21)/t13-/m1/s1. The fourth-order valence-corrected chi connectivity index (χ4v) is 2.33. The number of carbonyl (C=O) groups excluding carboxylic acids is 1. The molecule has 0 unspecified atom stereocenters. The molecule has 2 aromatic rings. The van der Waals surface area contributed by atoms with E-state index in [0.29, 0.717) is 6.54 Å². The van der Waals surface area contributed by atoms with Crippen molar-refractivity contribution in [2.45, 2.75) is 46.2 Å². The summed E-state index contributed by atoms with van der Waals surface area (Å²) in [5.74, 6) is 0.907. The van der Waals surface area contributed by atoms with Crippen LogP contribution in [0.2, 0.25) is 0 Å². The molecular formula is C16H22N4O. The third-order valence-electron chi connectivity index (χ3n) is 3.47. The molecule has 21 heavy (non-hydrogen) atoms. The zero-order valence-corrected chi connectivity index (χ0v) is 12.8. The molecule has 112 valence electrons. The molecule has 0 aliphatic heterocycles. The van der Waals surface area contributed by atoms with Crippen LogP contribution in [0.4, 0.5) is 0 Å². The first-order valence-corrected chi connectivity index (χ1v) is 7.36. The first kappa shape index (κ1) is 15.2. The largest absolute Gasteiger partial charge is 0.346 e. The van der Waals surface area contributed by atoms with E-state index in [1.807, 2.05) is 43.7 Å². The van der Waals surface area contributed by atoms with Crippen LogP contribution in [0.5, 0.6) is 0 Å². The Hall–Kier alpha value is -2.17. The third kappa shape index (κ3) is 3.90. The molecule has 2 heterocycles. The van der Waals surface area contributed by atoms with Crippen LogP contribution in [0.1, 0.15) is 43.4 Å². The van der Waals surface area contributed by atoms with Gasteiger partial charge >= 0.3 is 0 Å². The van der Waals surface area contributed by atoms with E-state index in [1.54, 1.807) is 12.4 Å². The summed E-state index contributed by atoms with van der Waals surface area (Å²) in [6, 6.07) is 3.92. The Labute approximate surface area is 125 Å². The highest BCUT2D eigenvalue weighted by Gasteiger charge is 2.15. The van der Waals surface area contributed by atoms with Crippen LogP contribution < -0.4 is 5.32 Å². The quantitative estimate of drug-likeness (QED) is 0.887. The Morgan fingerprint density at radius 3 is 2.81 bits per heavy atom. The van der Waals surface area contributed by atoms with Gasteiger partial charge in [-0.1, -0.05) is 13.8 Å². The van der Waals surface area contributed by atoms with Crippen molar-refractivity contribution in [3.8, 4) is 0 Å². The molecule has 1 N–H and O–H groups in total. The fourth-order valence-electron chi connectivity index (χ4n) is 2.33. The number of nitrogens with zero attached hydrogens (tertiary/aromatic N) is 3. The second-order valence-corrected chi connectivity index (χ2v) is 5.11. The molecule has 0 radical (unpaired) electrons. The smallest absolute Gasteiger partial charge is 0.240 e. The maximum absolute atomic E-state index is 12.2. The third-order valence-corrected chi connectivity index (χ3v) is 3.47. The molecule has 0 aromatic carbocycles. The molecule has 2 aromatic heterocycles. The second kappa shape index (κ2) is 7.02. The summed E-state index contributed by atoms with van der Waals surface area (Å²) in [7, 11) is 0. The van der Waals surface area contributed by atoms with Crippen molar-refractivity contribution in [2.75, 3.05) is 0 Å². The zero-order valence-electron chi connectivity index (χ0n) is 12.8. The number of hydrogen-bond acceptors (Lipinski definition) is 3. The van der Waals surface area contributed by atoms with Crippen LogP contribution in [-0.4, -0.2) is 20.4 Å². The van der Waals surface area contributed by atoms with Crippen molar-refractivity contribution in [1.82, 2.24) is 19.9 Å². The summed E-state index contributed by atoms with van der Waals surface area (Å²) in [5.41, 5.74) is 2.06. The number of hydrogen-bond donors (Lipinski definition) is 1. The van der Waals surface area contributed by atoms with Gasteiger partial charge < -0.3 is 9.88 Å². The van der Waals surface area contributed by atoms with Crippen LogP contribution in [0.3, 0.4) is 0 Å². The molecular weight excluding hydrogens is 264 g/mol. The zero-order chi connectivity index (χ0) is 15.2. The molecule has 0 fully saturated rings. The van der Waals surface area contributed by atoms with E-state index >= 15 is 0 Å². The minimum Gasteiger partial charge on any atom is -0.346 e. The number of nitrogens with one attached hydrogen (secondary N) is 1. The van der Waals surface area contributed by atoms with Crippen molar-refractivity contribution >= 4 is 5.91 Å². The van der Waals surface area contributed by atoms with Crippen LogP contribution in [0.15, 0.2) is 30.7 Å². The van der Waals surface area contributed by atoms with Gasteiger partial charge in [-0.15, -0.1) is 0 Å². The molecule has 0 aliphatic carbocycles. The van der Waals surface area contributed by atoms with E-state index in [-0.39, 0.29) is 11.9 Å². The predicted molar refractivity (Wildman–Crippen MR) is 81.8 cm³/mol. The summed E-state index contributed by atoms with van der Waals surface area (Å²) >= 11 is 0. The second-order valence-electron chi connectivity index (χ2n) is 5.11. The summed E-state index contributed by atoms with van der Waals surface area (Å²) in [5, 5.41) is 3.05. The summed E-state index contributed by atoms with van der Waals surface area (Å²) < 4.78 is 1.88. The topological polar surface area (TPSA) is 59.8 Å². The molecule has 5 heteroatoms. The Morgan fingerprint density at radius 2 is 2.14 bits per heavy atom. The first-order valence-electron chi connectivity index (χ1n) is 7.36. The molecule has 0 saturated heterocycles. The van der Waals surface area contributed by atoms with Crippen molar-refractivity contribution in [1.29, 1.82) is 0 Å². The molecule has 0 saturated carbocycles. The number of amides is 1. The fraction of sp³-hybridized carbons (Fsp3) is 0.438. The Bertz CT molecular complexity index is 606. The van der Waals surface area contributed by atoms with E-state index in [2.05, 4.69) is 15.3 Å². The van der Waals surface area contributed by atoms with E-state index in [0.717, 1.165) is 29.9 Å². The molecule has 0 aliphatic rings. The Morgan fingerprint density at radius 1 is 1.33 bits per heavy atom. The van der Waals surface area contributed by atoms with E-state index < -0.39 is 0 Å². The maximum Gasteiger partial charge on any atom is 0.240 e. The highest BCUT2D eigenvalue weighted by Crippen LogP contribution is 2.15. The number of pyridine rings is 1. The minimum atomic E-state index is -0.0500. The van der Waals surface area contributed by atoms with Crippen molar-refractivity contribution in [3.63, 3.8) is 0 Å². The lowest BCUT2D eigenvalue weighted by Gasteiger charge is -2.17. The van der Waals surface area contributed by atoms with Gasteiger partial charge in [0.2, 0.25) is 5.91 Å². The van der Waals surface area contributed by atoms with Gasteiger partial charge in [-0.3, -0.25) is 9.78 Å². The maximum atomic E-state index is 12.2. The van der Waals surface area contributed by atoms with Gasteiger partial charge in [-0.25, -0.2) is 4.98 Å². The lowest BCUT2D eigenvalue weighted by Crippen LogP contribution is -2.32. The van der Waals surface area contributed by atoms with Crippen molar-refractivity contribution in [2.24, 2.45) is 0 Å². The van der Waals surface area contributed by atoms with Crippen LogP contribution in [0.25, 0.3) is 0 Å². The normalized spacial score (nSPS) is 12.1. The summed E-state index contributed by atoms with van der Waals surface area (Å²) in [4.78, 5) is 20.8. The lowest BCUT2D eigenvalue weighted by molar-refractivity contribution is -0.122. The Kier molecular flexibility index (Phi) is 5.09. The highest BCUT2D eigenvalue weighted by atomic mass is 16.2. The number of aryl methyl sites for hydroxylation is 2. The van der Waals surface area contributed by atoms with Gasteiger partial charge in [0, 0.05) is 25.0 Å². The molecule has 1 atom stereocenters. The summed E-state index contributed by atoms with van der Waals surface area (Å²) in [6.45, 7) is 6.40. The minimum absolute atomic E-state index is 0.0159. The van der Waals surface area contributed by atoms with Gasteiger partial charge in [0.15, 0.2) is 0 Å². The van der Waals surface area contributed by atoms with Gasteiger partial charge in [-0.2, -0.15) is 0 Å². The monoisotopic (exact) mass is 286 g/mol. The molecule has 0 bridgehead atoms. The molecule has 5 nitrogen and oxygen atoms in total. The van der Waals surface area contributed by atoms with Crippen molar-refractivity contribution in [3.05, 3.63) is 47.8 Å². The van der Waals surface area contributed by atoms with Crippen LogP contribution in [-0.2, 0) is 17.8 Å². The lowest BCUT2D eigenvalue weighted by atomic mass is 10.1. The van der Waals surface area contributed by atoms with E-state index in [9.17, 15) is 4.79 Å². The average Bonchev–Trinajstić information content (AvgIpc) is 2.91. The van der Waals surface area contributed by atoms with Crippen molar-refractivity contribution < 1.29 is 4.79 Å². The first-order chi connectivity index (χ1) is 10.1. The molecule has 2 rings (SSSR count). The molecule has 0 spiro atoms. The van der Waals surface area contributed by atoms with Gasteiger partial charge in [0.1, 0.15) is 12.4 Å². The van der Waals surface area contributed by atoms with E-state index in [1.165, 1.54) is 0 Å². The number of rotatable bonds is 6. The van der Waals surface area contributed by atoms with Gasteiger partial charge in [-0.05, 0) is 31.0 Å². The highest BCUT2D eigenvalue weighted by molar-refractivity contribution is 5.76. The van der Waals surface area contributed by atoms with E-state index in [4.69, 9.17) is 0 Å². The van der Waals surface area contributed by atoms with Gasteiger partial charge in [0.05, 0.1) is 11.7 Å². The van der Waals surface area contributed by atoms with Gasteiger partial charge in [0.25, 0.3) is 0 Å². The molecule has 1 amide bonds. The number of carbonyl (C=O) groups is 1.